The first-order valence-corrected chi connectivity index (χ1v) is 16.3. The first kappa shape index (κ1) is 30.9. The van der Waals surface area contributed by atoms with E-state index in [4.69, 9.17) is 0 Å². The van der Waals surface area contributed by atoms with Crippen molar-refractivity contribution in [3.8, 4) is 0 Å². The van der Waals surface area contributed by atoms with Crippen LogP contribution in [-0.4, -0.2) is 0 Å². The topological polar surface area (TPSA) is 0 Å². The molecule has 7 unspecified atom stereocenters. The lowest BCUT2D eigenvalue weighted by Crippen LogP contribution is -2.73. The van der Waals surface area contributed by atoms with Gasteiger partial charge in [0.05, 0.1) is 0 Å². The zero-order chi connectivity index (χ0) is 30.1. The smallest absolute Gasteiger partial charge is 0.0153 e. The van der Waals surface area contributed by atoms with Crippen LogP contribution in [0.15, 0.2) is 0 Å². The normalized spacial score (nSPS) is 51.9. The average molecular weight is 527 g/mol. The molecule has 4 saturated carbocycles. The van der Waals surface area contributed by atoms with Gasteiger partial charge in [0.15, 0.2) is 0 Å². The minimum atomic E-state index is 0.182. The quantitative estimate of drug-likeness (QED) is 0.294. The molecule has 0 aromatic heterocycles. The third-order valence-electron chi connectivity index (χ3n) is 20.3. The molecule has 38 heavy (non-hydrogen) atoms. The van der Waals surface area contributed by atoms with Crippen LogP contribution in [0, 0.1) is 82.7 Å². The maximum absolute atomic E-state index is 2.78. The Kier molecular flexibility index (Phi) is 5.67. The Morgan fingerprint density at radius 2 is 0.842 bits per heavy atom. The van der Waals surface area contributed by atoms with Crippen molar-refractivity contribution in [3.05, 3.63) is 0 Å². The second-order valence-electron chi connectivity index (χ2n) is 20.7. The van der Waals surface area contributed by atoms with E-state index in [-0.39, 0.29) is 48.7 Å². The zero-order valence-electron chi connectivity index (χ0n) is 30.1. The maximum atomic E-state index is 2.78. The van der Waals surface area contributed by atoms with E-state index in [0.29, 0.717) is 28.1 Å². The molecular formula is C38H70. The second kappa shape index (κ2) is 6.96. The van der Waals surface area contributed by atoms with Crippen molar-refractivity contribution in [2.45, 2.75) is 158 Å². The van der Waals surface area contributed by atoms with E-state index in [1.54, 1.807) is 0 Å². The van der Waals surface area contributed by atoms with Crippen molar-refractivity contribution in [2.24, 2.45) is 82.7 Å². The van der Waals surface area contributed by atoms with Gasteiger partial charge in [0.2, 0.25) is 0 Å². The maximum Gasteiger partial charge on any atom is -0.0153 e. The number of rotatable bonds is 0. The van der Waals surface area contributed by atoms with Gasteiger partial charge >= 0.3 is 0 Å². The molecule has 0 bridgehead atoms. The molecule has 0 heterocycles. The van der Waals surface area contributed by atoms with Crippen LogP contribution in [0.25, 0.3) is 0 Å². The molecule has 4 fully saturated rings. The summed E-state index contributed by atoms with van der Waals surface area (Å²) in [5, 5.41) is 0. The van der Waals surface area contributed by atoms with Crippen LogP contribution in [0.5, 0.6) is 0 Å². The molecule has 0 aromatic carbocycles. The zero-order valence-corrected chi connectivity index (χ0v) is 30.1. The fourth-order valence-electron chi connectivity index (χ4n) is 14.8. The van der Waals surface area contributed by atoms with Crippen LogP contribution in [0.2, 0.25) is 0 Å². The molecule has 0 radical (unpaired) electrons. The molecule has 4 rings (SSSR count). The third-order valence-corrected chi connectivity index (χ3v) is 20.3. The summed E-state index contributed by atoms with van der Waals surface area (Å²) in [5.74, 6) is 2.12. The van der Waals surface area contributed by atoms with Crippen LogP contribution in [0.3, 0.4) is 0 Å². The number of fused-ring (bicyclic) bond motifs is 2. The van der Waals surface area contributed by atoms with Gasteiger partial charge in [-0.2, -0.15) is 0 Å². The molecule has 0 N–H and O–H groups in total. The molecule has 0 nitrogen and oxygen atoms in total. The third kappa shape index (κ3) is 2.38. The Hall–Kier alpha value is 0. The van der Waals surface area contributed by atoms with Gasteiger partial charge in [0, 0.05) is 0 Å². The largest absolute Gasteiger partial charge is 0.0617 e. The van der Waals surface area contributed by atoms with Gasteiger partial charge in [-0.05, 0) is 95.6 Å². The van der Waals surface area contributed by atoms with Crippen LogP contribution < -0.4 is 0 Å². The highest BCUT2D eigenvalue weighted by molar-refractivity contribution is 5.35. The van der Waals surface area contributed by atoms with Gasteiger partial charge < -0.3 is 0 Å². The van der Waals surface area contributed by atoms with Crippen molar-refractivity contribution < 1.29 is 0 Å². The molecule has 1 spiro atoms. The van der Waals surface area contributed by atoms with Crippen LogP contribution in [-0.2, 0) is 0 Å². The summed E-state index contributed by atoms with van der Waals surface area (Å²) < 4.78 is 0. The van der Waals surface area contributed by atoms with E-state index in [0.717, 1.165) is 5.92 Å². The Labute approximate surface area is 240 Å². The van der Waals surface area contributed by atoms with Crippen molar-refractivity contribution in [1.29, 1.82) is 0 Å². The standard InChI is InChI=1S/C38H70/c1-24-26-29(7,8)38(22-35(26,19)25(2)28(5,6)27(24,3)4)23-36(20)32(13,14)30(9,10)31(11,12)33(15,16)37(36,21)34(38,17)18/h24-26H,22-23H2,1-21H3. The lowest BCUT2D eigenvalue weighted by Gasteiger charge is -2.78. The highest BCUT2D eigenvalue weighted by Crippen LogP contribution is 2.94. The Bertz CT molecular complexity index is 1030. The molecule has 0 aromatic rings. The summed E-state index contributed by atoms with van der Waals surface area (Å²) in [4.78, 5) is 0. The first-order chi connectivity index (χ1) is 16.3. The monoisotopic (exact) mass is 527 g/mol. The molecule has 0 heteroatoms. The fraction of sp³-hybridized carbons (Fsp3) is 1.00. The predicted molar refractivity (Wildman–Crippen MR) is 168 cm³/mol. The van der Waals surface area contributed by atoms with Crippen LogP contribution in [0.4, 0.5) is 0 Å². The molecule has 7 atom stereocenters. The summed E-state index contributed by atoms with van der Waals surface area (Å²) in [6.07, 6.45) is 2.74. The van der Waals surface area contributed by atoms with E-state index in [1.807, 2.05) is 0 Å². The second-order valence-corrected chi connectivity index (χ2v) is 20.7. The minimum absolute atomic E-state index is 0.182. The van der Waals surface area contributed by atoms with Gasteiger partial charge in [-0.15, -0.1) is 0 Å². The summed E-state index contributed by atoms with van der Waals surface area (Å²) in [7, 11) is 0. The van der Waals surface area contributed by atoms with Crippen molar-refractivity contribution in [1.82, 2.24) is 0 Å². The molecular weight excluding hydrogens is 456 g/mol. The molecule has 4 aliphatic carbocycles. The Morgan fingerprint density at radius 3 is 1.29 bits per heavy atom. The lowest BCUT2D eigenvalue weighted by molar-refractivity contribution is -0.307. The molecule has 0 aliphatic heterocycles. The molecule has 0 amide bonds. The van der Waals surface area contributed by atoms with Crippen LogP contribution in [0.1, 0.15) is 158 Å². The summed E-state index contributed by atoms with van der Waals surface area (Å²) >= 11 is 0. The Balaban J connectivity index is 2.10. The van der Waals surface area contributed by atoms with E-state index in [1.165, 1.54) is 12.8 Å². The summed E-state index contributed by atoms with van der Waals surface area (Å²) in [6, 6.07) is 0. The van der Waals surface area contributed by atoms with Crippen LogP contribution >= 0.6 is 0 Å². The average Bonchev–Trinajstić information content (AvgIpc) is 3.01. The lowest BCUT2D eigenvalue weighted by atomic mass is 9.26. The van der Waals surface area contributed by atoms with Gasteiger partial charge in [-0.1, -0.05) is 145 Å². The number of hydrogen-bond acceptors (Lipinski definition) is 0. The van der Waals surface area contributed by atoms with Gasteiger partial charge in [-0.3, -0.25) is 0 Å². The van der Waals surface area contributed by atoms with Gasteiger partial charge in [-0.25, -0.2) is 0 Å². The predicted octanol–water partition coefficient (Wildman–Crippen LogP) is 11.9. The van der Waals surface area contributed by atoms with Crippen molar-refractivity contribution >= 4 is 0 Å². The summed E-state index contributed by atoms with van der Waals surface area (Å²) in [6.45, 7) is 56.2. The highest BCUT2D eigenvalue weighted by Gasteiger charge is 2.88. The van der Waals surface area contributed by atoms with Crippen molar-refractivity contribution in [3.63, 3.8) is 0 Å². The minimum Gasteiger partial charge on any atom is -0.0617 e. The van der Waals surface area contributed by atoms with Gasteiger partial charge in [0.25, 0.3) is 0 Å². The molecule has 4 aliphatic rings. The number of hydrogen-bond donors (Lipinski definition) is 0. The molecule has 0 saturated heterocycles. The fourth-order valence-corrected chi connectivity index (χ4v) is 14.8. The Morgan fingerprint density at radius 1 is 0.421 bits per heavy atom. The molecule has 222 valence electrons. The van der Waals surface area contributed by atoms with E-state index in [9.17, 15) is 0 Å². The van der Waals surface area contributed by atoms with Crippen molar-refractivity contribution in [2.75, 3.05) is 0 Å². The van der Waals surface area contributed by atoms with E-state index in [2.05, 4.69) is 145 Å². The van der Waals surface area contributed by atoms with E-state index < -0.39 is 0 Å². The van der Waals surface area contributed by atoms with Gasteiger partial charge in [0.1, 0.15) is 0 Å². The SMILES string of the molecule is CC1C2C(C)(CC3(CC4(C)C(C)(C)C(C)(C)C(C)(C)C(C)(C)C4(C)C3(C)C)C2(C)C)C(C)C(C)(C)C1(C)C. The highest BCUT2D eigenvalue weighted by atomic mass is 14.9. The first-order valence-electron chi connectivity index (χ1n) is 16.3. The summed E-state index contributed by atoms with van der Waals surface area (Å²) in [5.41, 5.74) is 2.92. The van der Waals surface area contributed by atoms with E-state index >= 15 is 0 Å².